The topological polar surface area (TPSA) is 57.9 Å². The summed E-state index contributed by atoms with van der Waals surface area (Å²) in [4.78, 5) is 0. The van der Waals surface area contributed by atoms with Crippen LogP contribution in [-0.2, 0) is 16.3 Å². The van der Waals surface area contributed by atoms with Crippen molar-refractivity contribution in [3.05, 3.63) is 41.2 Å². The van der Waals surface area contributed by atoms with E-state index in [0.29, 0.717) is 24.8 Å². The number of rotatable bonds is 2. The molecule has 2 unspecified atom stereocenters. The van der Waals surface area contributed by atoms with Crippen LogP contribution in [0, 0.1) is 17.1 Å². The number of benzene rings is 1. The summed E-state index contributed by atoms with van der Waals surface area (Å²) in [6.45, 7) is 0. The molecule has 0 aliphatic carbocycles. The van der Waals surface area contributed by atoms with E-state index in [1.165, 1.54) is 6.07 Å². The van der Waals surface area contributed by atoms with E-state index < -0.39 is 15.1 Å². The van der Waals surface area contributed by atoms with Crippen LogP contribution in [-0.4, -0.2) is 18.9 Å². The van der Waals surface area contributed by atoms with Crippen LogP contribution in [0.1, 0.15) is 36.8 Å². The Labute approximate surface area is 124 Å². The summed E-state index contributed by atoms with van der Waals surface area (Å²) < 4.78 is 38.6. The molecule has 5 heteroatoms. The summed E-state index contributed by atoms with van der Waals surface area (Å²) in [6, 6.07) is 6.69. The molecule has 2 bridgehead atoms. The smallest absolute Gasteiger partial charge is 0.159 e. The Morgan fingerprint density at radius 2 is 2.14 bits per heavy atom. The van der Waals surface area contributed by atoms with Crippen molar-refractivity contribution in [2.45, 2.75) is 42.6 Å². The summed E-state index contributed by atoms with van der Waals surface area (Å²) >= 11 is 0. The molecule has 1 aromatic rings. The zero-order valence-electron chi connectivity index (χ0n) is 11.5. The highest BCUT2D eigenvalue weighted by Gasteiger charge is 2.40. The molecule has 3 nitrogen and oxygen atoms in total. The van der Waals surface area contributed by atoms with Gasteiger partial charge in [-0.05, 0) is 42.5 Å². The third-order valence-corrected chi connectivity index (χ3v) is 6.94. The summed E-state index contributed by atoms with van der Waals surface area (Å²) in [5.41, 5.74) is 1.99. The van der Waals surface area contributed by atoms with Crippen molar-refractivity contribution in [1.82, 2.24) is 0 Å². The zero-order valence-corrected chi connectivity index (χ0v) is 12.4. The molecular weight excluding hydrogens is 289 g/mol. The van der Waals surface area contributed by atoms with Gasteiger partial charge in [-0.15, -0.1) is 0 Å². The Kier molecular flexibility index (Phi) is 3.58. The van der Waals surface area contributed by atoms with Crippen molar-refractivity contribution >= 4 is 15.4 Å². The Morgan fingerprint density at radius 3 is 2.86 bits per heavy atom. The molecule has 0 amide bonds. The predicted octanol–water partition coefficient (Wildman–Crippen LogP) is 3.01. The number of allylic oxidation sites excluding steroid dienone is 1. The third kappa shape index (κ3) is 2.49. The van der Waals surface area contributed by atoms with Crippen LogP contribution >= 0.6 is 0 Å². The van der Waals surface area contributed by atoms with Gasteiger partial charge in [0.25, 0.3) is 0 Å². The second-order valence-corrected chi connectivity index (χ2v) is 8.18. The molecule has 110 valence electrons. The number of sulfone groups is 1. The molecule has 2 aliphatic heterocycles. The molecule has 1 fully saturated rings. The van der Waals surface area contributed by atoms with Gasteiger partial charge in [0.2, 0.25) is 0 Å². The van der Waals surface area contributed by atoms with Gasteiger partial charge in [-0.3, -0.25) is 0 Å². The molecule has 1 aromatic carbocycles. The molecule has 0 aromatic heterocycles. The van der Waals surface area contributed by atoms with E-state index in [0.717, 1.165) is 17.6 Å². The van der Waals surface area contributed by atoms with E-state index in [1.807, 2.05) is 6.07 Å². The van der Waals surface area contributed by atoms with Crippen LogP contribution in [0.15, 0.2) is 24.3 Å². The lowest BCUT2D eigenvalue weighted by molar-refractivity contribution is 0.517. The van der Waals surface area contributed by atoms with Crippen LogP contribution < -0.4 is 0 Å². The Morgan fingerprint density at radius 1 is 1.33 bits per heavy atom. The minimum Gasteiger partial charge on any atom is -0.228 e. The number of fused-ring (bicyclic) bond motifs is 2. The van der Waals surface area contributed by atoms with Crippen LogP contribution in [0.4, 0.5) is 4.39 Å². The van der Waals surface area contributed by atoms with Crippen LogP contribution in [0.3, 0.4) is 0 Å². The van der Waals surface area contributed by atoms with Crippen molar-refractivity contribution in [1.29, 1.82) is 5.26 Å². The first-order valence-electron chi connectivity index (χ1n) is 7.11. The van der Waals surface area contributed by atoms with Crippen molar-refractivity contribution in [3.8, 4) is 6.07 Å². The van der Waals surface area contributed by atoms with Gasteiger partial charge in [0.15, 0.2) is 9.84 Å². The highest BCUT2D eigenvalue weighted by atomic mass is 32.2. The van der Waals surface area contributed by atoms with Crippen molar-refractivity contribution in [2.24, 2.45) is 0 Å². The molecule has 1 saturated heterocycles. The molecule has 0 spiro atoms. The van der Waals surface area contributed by atoms with Gasteiger partial charge in [-0.2, -0.15) is 5.26 Å². The fourth-order valence-corrected chi connectivity index (χ4v) is 5.53. The number of hydrogen-bond acceptors (Lipinski definition) is 3. The average molecular weight is 305 g/mol. The summed E-state index contributed by atoms with van der Waals surface area (Å²) in [7, 11) is -3.09. The Bertz CT molecular complexity index is 746. The summed E-state index contributed by atoms with van der Waals surface area (Å²) in [5, 5.41) is 7.90. The largest absolute Gasteiger partial charge is 0.228 e. The lowest BCUT2D eigenvalue weighted by Gasteiger charge is -2.33. The average Bonchev–Trinajstić information content (AvgIpc) is 2.40. The van der Waals surface area contributed by atoms with Crippen LogP contribution in [0.5, 0.6) is 0 Å². The normalized spacial score (nSPS) is 26.8. The van der Waals surface area contributed by atoms with Gasteiger partial charge in [-0.1, -0.05) is 18.6 Å². The fraction of sp³-hybridized carbons (Fsp3) is 0.438. The van der Waals surface area contributed by atoms with Gasteiger partial charge in [0, 0.05) is 5.56 Å². The molecule has 21 heavy (non-hydrogen) atoms. The van der Waals surface area contributed by atoms with E-state index in [1.54, 1.807) is 18.2 Å². The quantitative estimate of drug-likeness (QED) is 0.844. The van der Waals surface area contributed by atoms with Gasteiger partial charge in [0.05, 0.1) is 23.0 Å². The first-order valence-corrected chi connectivity index (χ1v) is 8.72. The minimum atomic E-state index is -3.09. The molecule has 0 radical (unpaired) electrons. The van der Waals surface area contributed by atoms with Crippen LogP contribution in [0.25, 0.3) is 5.57 Å². The van der Waals surface area contributed by atoms with Gasteiger partial charge in [-0.25, -0.2) is 12.8 Å². The maximum Gasteiger partial charge on any atom is 0.159 e. The predicted molar refractivity (Wildman–Crippen MR) is 78.7 cm³/mol. The molecule has 2 atom stereocenters. The second-order valence-electron chi connectivity index (χ2n) is 5.73. The summed E-state index contributed by atoms with van der Waals surface area (Å²) in [5.74, 6) is -0.347. The van der Waals surface area contributed by atoms with Gasteiger partial charge >= 0.3 is 0 Å². The zero-order chi connectivity index (χ0) is 15.0. The van der Waals surface area contributed by atoms with Crippen LogP contribution in [0.2, 0.25) is 0 Å². The van der Waals surface area contributed by atoms with Gasteiger partial charge < -0.3 is 0 Å². The standard InChI is InChI=1S/C16H16FNO2S/c17-16-5-4-11(6-7-18)8-15(16)12-9-13-2-1-3-14(10-12)21(13,19)20/h4-5,8-9,13-14H,1-3,6,10H2. The SMILES string of the molecule is N#CCc1ccc(F)c(C2=CC3CCCC(C2)S3(=O)=O)c1. The van der Waals surface area contributed by atoms with E-state index in [2.05, 4.69) is 0 Å². The van der Waals surface area contributed by atoms with E-state index in [9.17, 15) is 12.8 Å². The minimum absolute atomic E-state index is 0.228. The summed E-state index contributed by atoms with van der Waals surface area (Å²) in [6.07, 6.45) is 4.53. The van der Waals surface area contributed by atoms with E-state index >= 15 is 0 Å². The van der Waals surface area contributed by atoms with E-state index in [4.69, 9.17) is 5.26 Å². The fourth-order valence-electron chi connectivity index (χ4n) is 3.28. The molecule has 0 N–H and O–H groups in total. The van der Waals surface area contributed by atoms with Crippen molar-refractivity contribution in [3.63, 3.8) is 0 Å². The molecular formula is C16H16FNO2S. The molecule has 3 rings (SSSR count). The number of halogens is 1. The molecule has 2 aliphatic rings. The lowest BCUT2D eigenvalue weighted by atomic mass is 9.92. The number of nitriles is 1. The van der Waals surface area contributed by atoms with Gasteiger partial charge in [0.1, 0.15) is 5.82 Å². The monoisotopic (exact) mass is 305 g/mol. The maximum atomic E-state index is 14.1. The first-order chi connectivity index (χ1) is 10.0. The van der Waals surface area contributed by atoms with Crippen molar-refractivity contribution in [2.75, 3.05) is 0 Å². The highest BCUT2D eigenvalue weighted by Crippen LogP contribution is 2.39. The maximum absolute atomic E-state index is 14.1. The Hall–Kier alpha value is -1.67. The number of nitrogens with zero attached hydrogens (tertiary/aromatic N) is 1. The van der Waals surface area contributed by atoms with E-state index in [-0.39, 0.29) is 17.5 Å². The lowest BCUT2D eigenvalue weighted by Crippen LogP contribution is -2.38. The third-order valence-electron chi connectivity index (χ3n) is 4.40. The first kappa shape index (κ1) is 14.3. The highest BCUT2D eigenvalue weighted by molar-refractivity contribution is 7.93. The molecule has 0 saturated carbocycles. The molecule has 2 heterocycles. The van der Waals surface area contributed by atoms with Crippen molar-refractivity contribution < 1.29 is 12.8 Å². The number of hydrogen-bond donors (Lipinski definition) is 0. The second kappa shape index (κ2) is 5.27. The Balaban J connectivity index is 2.04.